The molecular weight excluding hydrogens is 450 g/mol. The number of rotatable bonds is 8. The van der Waals surface area contributed by atoms with Gasteiger partial charge in [-0.2, -0.15) is 0 Å². The lowest BCUT2D eigenvalue weighted by Crippen LogP contribution is -2.44. The molecular formula is C22H26BrN3O4. The number of nitrogens with one attached hydrogen (secondary N) is 3. The Hall–Kier alpha value is -2.87. The fourth-order valence-electron chi connectivity index (χ4n) is 2.53. The molecule has 160 valence electrons. The van der Waals surface area contributed by atoms with Crippen molar-refractivity contribution in [1.82, 2.24) is 10.9 Å². The van der Waals surface area contributed by atoms with E-state index in [0.717, 1.165) is 27.6 Å². The summed E-state index contributed by atoms with van der Waals surface area (Å²) in [6.07, 6.45) is 0.845. The van der Waals surface area contributed by atoms with E-state index in [0.29, 0.717) is 11.4 Å². The molecule has 0 heterocycles. The van der Waals surface area contributed by atoms with Crippen LogP contribution >= 0.6 is 15.9 Å². The van der Waals surface area contributed by atoms with Crippen molar-refractivity contribution in [1.29, 1.82) is 0 Å². The number of amides is 3. The first-order valence-corrected chi connectivity index (χ1v) is 10.4. The molecule has 0 unspecified atom stereocenters. The first-order chi connectivity index (χ1) is 14.3. The van der Waals surface area contributed by atoms with Crippen LogP contribution < -0.4 is 20.9 Å². The van der Waals surface area contributed by atoms with Gasteiger partial charge >= 0.3 is 0 Å². The highest BCUT2D eigenvalue weighted by Crippen LogP contribution is 2.26. The van der Waals surface area contributed by atoms with E-state index >= 15 is 0 Å². The first-order valence-electron chi connectivity index (χ1n) is 9.64. The largest absolute Gasteiger partial charge is 0.483 e. The van der Waals surface area contributed by atoms with Crippen LogP contribution in [0.3, 0.4) is 0 Å². The molecule has 3 amide bonds. The number of hydrogen-bond acceptors (Lipinski definition) is 4. The first kappa shape index (κ1) is 23.4. The Balaban J connectivity index is 1.67. The maximum atomic E-state index is 12.0. The molecule has 30 heavy (non-hydrogen) atoms. The summed E-state index contributed by atoms with van der Waals surface area (Å²) < 4.78 is 6.20. The van der Waals surface area contributed by atoms with Gasteiger partial charge in [-0.1, -0.05) is 19.1 Å². The molecule has 2 aromatic rings. The third-order valence-electron chi connectivity index (χ3n) is 4.47. The van der Waals surface area contributed by atoms with Crippen LogP contribution in [0.1, 0.15) is 36.5 Å². The minimum Gasteiger partial charge on any atom is -0.483 e. The maximum absolute atomic E-state index is 12.0. The number of anilines is 1. The van der Waals surface area contributed by atoms with Crippen LogP contribution in [0.25, 0.3) is 0 Å². The van der Waals surface area contributed by atoms with Gasteiger partial charge in [0.2, 0.25) is 11.8 Å². The molecule has 0 saturated heterocycles. The number of aryl methyl sites for hydroxylation is 3. The summed E-state index contributed by atoms with van der Waals surface area (Å²) in [6.45, 7) is 5.75. The molecule has 0 fully saturated rings. The monoisotopic (exact) mass is 475 g/mol. The maximum Gasteiger partial charge on any atom is 0.276 e. The topological polar surface area (TPSA) is 96.5 Å². The second-order valence-corrected chi connectivity index (χ2v) is 7.70. The van der Waals surface area contributed by atoms with Crippen LogP contribution in [0.15, 0.2) is 40.9 Å². The molecule has 0 atom stereocenters. The lowest BCUT2D eigenvalue weighted by Gasteiger charge is -2.11. The second kappa shape index (κ2) is 11.3. The van der Waals surface area contributed by atoms with Gasteiger partial charge in [-0.25, -0.2) is 0 Å². The highest BCUT2D eigenvalue weighted by Gasteiger charge is 2.10. The predicted octanol–water partition coefficient (Wildman–Crippen LogP) is 3.57. The Morgan fingerprint density at radius 3 is 2.27 bits per heavy atom. The Labute approximate surface area is 184 Å². The summed E-state index contributed by atoms with van der Waals surface area (Å²) in [5.74, 6) is -0.707. The molecule has 0 aliphatic carbocycles. The van der Waals surface area contributed by atoms with Gasteiger partial charge in [0.05, 0.1) is 4.47 Å². The fraction of sp³-hybridized carbons (Fsp3) is 0.318. The van der Waals surface area contributed by atoms with Gasteiger partial charge < -0.3 is 10.1 Å². The smallest absolute Gasteiger partial charge is 0.276 e. The van der Waals surface area contributed by atoms with Crippen LogP contribution in [0.2, 0.25) is 0 Å². The van der Waals surface area contributed by atoms with Crippen molar-refractivity contribution in [3.05, 3.63) is 57.6 Å². The summed E-state index contributed by atoms with van der Waals surface area (Å²) in [6, 6.07) is 11.2. The van der Waals surface area contributed by atoms with E-state index in [1.54, 1.807) is 6.07 Å². The van der Waals surface area contributed by atoms with E-state index in [1.165, 1.54) is 0 Å². The molecule has 0 saturated carbocycles. The van der Waals surface area contributed by atoms with Crippen LogP contribution in [0, 0.1) is 13.8 Å². The van der Waals surface area contributed by atoms with Crippen molar-refractivity contribution in [2.75, 3.05) is 11.9 Å². The second-order valence-electron chi connectivity index (χ2n) is 6.85. The van der Waals surface area contributed by atoms with E-state index in [2.05, 4.69) is 32.1 Å². The van der Waals surface area contributed by atoms with E-state index in [1.807, 2.05) is 51.1 Å². The molecule has 8 heteroatoms. The Morgan fingerprint density at radius 1 is 0.900 bits per heavy atom. The van der Waals surface area contributed by atoms with Gasteiger partial charge in [0.25, 0.3) is 5.91 Å². The number of hydrazine groups is 1. The van der Waals surface area contributed by atoms with Gasteiger partial charge in [0, 0.05) is 18.5 Å². The van der Waals surface area contributed by atoms with Crippen LogP contribution in [-0.4, -0.2) is 24.3 Å². The Morgan fingerprint density at radius 2 is 1.60 bits per heavy atom. The van der Waals surface area contributed by atoms with Crippen molar-refractivity contribution < 1.29 is 19.1 Å². The summed E-state index contributed by atoms with van der Waals surface area (Å²) >= 11 is 3.40. The average molecular weight is 476 g/mol. The molecule has 2 aromatic carbocycles. The van der Waals surface area contributed by atoms with E-state index < -0.39 is 11.8 Å². The van der Waals surface area contributed by atoms with Gasteiger partial charge in [0.15, 0.2) is 6.61 Å². The lowest BCUT2D eigenvalue weighted by molar-refractivity contribution is -0.130. The van der Waals surface area contributed by atoms with Crippen molar-refractivity contribution in [2.45, 2.75) is 40.0 Å². The molecule has 0 radical (unpaired) electrons. The highest BCUT2D eigenvalue weighted by molar-refractivity contribution is 9.10. The highest BCUT2D eigenvalue weighted by atomic mass is 79.9. The standard InChI is InChI=1S/C22H26BrN3O4/c1-4-16-6-8-19(18(23)12-16)30-13-22(29)26-25-21(28)10-9-20(27)24-17-7-5-14(2)15(3)11-17/h5-8,11-12H,4,9-10,13H2,1-3H3,(H,24,27)(H,25,28)(H,26,29). The van der Waals surface area contributed by atoms with Gasteiger partial charge in [-0.3, -0.25) is 25.2 Å². The van der Waals surface area contributed by atoms with E-state index in [9.17, 15) is 14.4 Å². The number of ether oxygens (including phenoxy) is 1. The molecule has 0 bridgehead atoms. The van der Waals surface area contributed by atoms with Gasteiger partial charge in [0.1, 0.15) is 5.75 Å². The van der Waals surface area contributed by atoms with Crippen molar-refractivity contribution in [2.24, 2.45) is 0 Å². The zero-order chi connectivity index (χ0) is 22.1. The number of halogens is 1. The van der Waals surface area contributed by atoms with E-state index in [4.69, 9.17) is 4.74 Å². The zero-order valence-corrected chi connectivity index (χ0v) is 18.9. The Bertz CT molecular complexity index is 931. The molecule has 0 aliphatic rings. The van der Waals surface area contributed by atoms with Crippen molar-refractivity contribution in [3.8, 4) is 5.75 Å². The quantitative estimate of drug-likeness (QED) is 0.508. The molecule has 3 N–H and O–H groups in total. The number of benzene rings is 2. The summed E-state index contributed by atoms with van der Waals surface area (Å²) in [5, 5.41) is 2.75. The summed E-state index contributed by atoms with van der Waals surface area (Å²) in [5.41, 5.74) is 8.59. The molecule has 2 rings (SSSR count). The zero-order valence-electron chi connectivity index (χ0n) is 17.3. The summed E-state index contributed by atoms with van der Waals surface area (Å²) in [7, 11) is 0. The minimum absolute atomic E-state index is 0.00184. The number of carbonyl (C=O) groups is 3. The normalized spacial score (nSPS) is 10.3. The number of carbonyl (C=O) groups excluding carboxylic acids is 3. The molecule has 0 aromatic heterocycles. The van der Waals surface area contributed by atoms with Crippen LogP contribution in [0.4, 0.5) is 5.69 Å². The SMILES string of the molecule is CCc1ccc(OCC(=O)NNC(=O)CCC(=O)Nc2ccc(C)c(C)c2)c(Br)c1. The summed E-state index contributed by atoms with van der Waals surface area (Å²) in [4.78, 5) is 35.7. The van der Waals surface area contributed by atoms with Crippen LogP contribution in [-0.2, 0) is 20.8 Å². The van der Waals surface area contributed by atoms with Crippen molar-refractivity contribution >= 4 is 39.3 Å². The van der Waals surface area contributed by atoms with Gasteiger partial charge in [-0.05, 0) is 77.2 Å². The predicted molar refractivity (Wildman–Crippen MR) is 119 cm³/mol. The van der Waals surface area contributed by atoms with E-state index in [-0.39, 0.29) is 25.4 Å². The lowest BCUT2D eigenvalue weighted by atomic mass is 10.1. The molecule has 7 nitrogen and oxygen atoms in total. The fourth-order valence-corrected chi connectivity index (χ4v) is 3.07. The van der Waals surface area contributed by atoms with Gasteiger partial charge in [-0.15, -0.1) is 0 Å². The van der Waals surface area contributed by atoms with Crippen LogP contribution in [0.5, 0.6) is 5.75 Å². The minimum atomic E-state index is -0.505. The van der Waals surface area contributed by atoms with Crippen molar-refractivity contribution in [3.63, 3.8) is 0 Å². The average Bonchev–Trinajstić information content (AvgIpc) is 2.72. The Kier molecular flexibility index (Phi) is 8.86. The molecule has 0 spiro atoms. The number of hydrogen-bond donors (Lipinski definition) is 3. The third kappa shape index (κ3) is 7.51. The third-order valence-corrected chi connectivity index (χ3v) is 5.09. The molecule has 0 aliphatic heterocycles.